The average Bonchev–Trinajstić information content (AvgIpc) is 3.23. The highest BCUT2D eigenvalue weighted by Crippen LogP contribution is 2.42. The Morgan fingerprint density at radius 2 is 1.70 bits per heavy atom. The molecule has 0 spiro atoms. The third kappa shape index (κ3) is 3.44. The van der Waals surface area contributed by atoms with Gasteiger partial charge >= 0.3 is 0 Å². The van der Waals surface area contributed by atoms with Crippen LogP contribution in [0.25, 0.3) is 11.3 Å². The van der Waals surface area contributed by atoms with Gasteiger partial charge in [0.1, 0.15) is 6.04 Å². The molecule has 1 heterocycles. The molecule has 3 rings (SSSR count). The molecule has 2 aromatic carbocycles. The van der Waals surface area contributed by atoms with Crippen molar-refractivity contribution in [3.8, 4) is 28.5 Å². The Hall–Kier alpha value is -3.48. The number of nitrogens with zero attached hydrogens (tertiary/aromatic N) is 1. The Morgan fingerprint density at radius 3 is 2.22 bits per heavy atom. The fraction of sp³-hybridized carbons (Fsp3) is 0.200. The van der Waals surface area contributed by atoms with Gasteiger partial charge in [-0.1, -0.05) is 11.2 Å². The largest absolute Gasteiger partial charge is 0.493 e. The summed E-state index contributed by atoms with van der Waals surface area (Å²) in [5.41, 5.74) is 9.66. The van der Waals surface area contributed by atoms with Crippen LogP contribution in [0.2, 0.25) is 0 Å². The van der Waals surface area contributed by atoms with Crippen LogP contribution in [-0.4, -0.2) is 26.3 Å². The highest BCUT2D eigenvalue weighted by Gasteiger charge is 2.23. The van der Waals surface area contributed by atoms with E-state index in [-0.39, 0.29) is 0 Å². The van der Waals surface area contributed by atoms with Crippen molar-refractivity contribution in [2.75, 3.05) is 27.1 Å². The van der Waals surface area contributed by atoms with E-state index in [0.29, 0.717) is 34.1 Å². The molecule has 0 fully saturated rings. The zero-order valence-corrected chi connectivity index (χ0v) is 15.4. The maximum atomic E-state index is 11.8. The molecule has 0 saturated carbocycles. The minimum absolute atomic E-state index is 0.444. The van der Waals surface area contributed by atoms with E-state index >= 15 is 0 Å². The van der Waals surface area contributed by atoms with Crippen molar-refractivity contribution in [3.05, 3.63) is 64.7 Å². The number of ether oxygens (including phenoxy) is 3. The van der Waals surface area contributed by atoms with E-state index in [0.717, 1.165) is 11.3 Å². The number of methoxy groups -OCH3 is 3. The van der Waals surface area contributed by atoms with E-state index < -0.39 is 6.04 Å². The van der Waals surface area contributed by atoms with E-state index in [1.165, 1.54) is 21.3 Å². The van der Waals surface area contributed by atoms with Crippen LogP contribution in [0.5, 0.6) is 17.2 Å². The molecular formula is C20H21N3O4. The van der Waals surface area contributed by atoms with Gasteiger partial charge in [-0.25, -0.2) is 0 Å². The molecule has 0 aliphatic heterocycles. The zero-order chi connectivity index (χ0) is 19.4. The molecule has 27 heavy (non-hydrogen) atoms. The third-order valence-corrected chi connectivity index (χ3v) is 4.40. The summed E-state index contributed by atoms with van der Waals surface area (Å²) in [6.45, 7) is 0. The van der Waals surface area contributed by atoms with Gasteiger partial charge in [0, 0.05) is 23.1 Å². The number of nitroso groups, excluding NO2 is 1. The Bertz CT molecular complexity index is 913. The molecule has 3 aromatic rings. The Kier molecular flexibility index (Phi) is 5.30. The second-order valence-corrected chi connectivity index (χ2v) is 5.89. The molecule has 0 saturated heterocycles. The maximum Gasteiger partial charge on any atom is 0.203 e. The minimum Gasteiger partial charge on any atom is -0.493 e. The summed E-state index contributed by atoms with van der Waals surface area (Å²) in [5, 5.41) is 3.33. The number of nitrogens with two attached hydrogens (primary N) is 1. The summed E-state index contributed by atoms with van der Waals surface area (Å²) in [7, 11) is 4.56. The molecule has 7 heteroatoms. The first-order valence-electron chi connectivity index (χ1n) is 8.28. The van der Waals surface area contributed by atoms with Gasteiger partial charge in [-0.3, -0.25) is 0 Å². The van der Waals surface area contributed by atoms with Crippen molar-refractivity contribution in [1.82, 2.24) is 4.98 Å². The Morgan fingerprint density at radius 1 is 1.00 bits per heavy atom. The van der Waals surface area contributed by atoms with Crippen LogP contribution in [0, 0.1) is 4.91 Å². The van der Waals surface area contributed by atoms with E-state index in [1.54, 1.807) is 18.2 Å². The smallest absolute Gasteiger partial charge is 0.203 e. The number of rotatable bonds is 7. The van der Waals surface area contributed by atoms with Crippen molar-refractivity contribution >= 4 is 5.69 Å². The molecule has 0 amide bonds. The molecule has 0 radical (unpaired) electrons. The van der Waals surface area contributed by atoms with Gasteiger partial charge in [-0.05, 0) is 47.5 Å². The summed E-state index contributed by atoms with van der Waals surface area (Å²) in [4.78, 5) is 14.9. The molecule has 1 aromatic heterocycles. The summed E-state index contributed by atoms with van der Waals surface area (Å²) < 4.78 is 16.1. The van der Waals surface area contributed by atoms with Gasteiger partial charge in [0.15, 0.2) is 11.5 Å². The van der Waals surface area contributed by atoms with Gasteiger partial charge in [-0.15, -0.1) is 4.91 Å². The van der Waals surface area contributed by atoms with Crippen LogP contribution >= 0.6 is 0 Å². The van der Waals surface area contributed by atoms with Crippen molar-refractivity contribution in [2.45, 2.75) is 6.04 Å². The van der Waals surface area contributed by atoms with Gasteiger partial charge in [0.05, 0.1) is 21.3 Å². The van der Waals surface area contributed by atoms with Gasteiger partial charge in [0.25, 0.3) is 0 Å². The minimum atomic E-state index is -0.825. The standard InChI is InChI=1S/C20H21N3O4/c1-25-17-10-13(11-18(26-2)20(17)27-3)19(23-24)14-9-12(6-7-15(14)21)16-5-4-8-22-16/h4-11,19,22H,21H2,1-3H3. The first-order chi connectivity index (χ1) is 13.1. The number of aromatic nitrogens is 1. The van der Waals surface area contributed by atoms with Crippen molar-refractivity contribution in [3.63, 3.8) is 0 Å². The predicted octanol–water partition coefficient (Wildman–Crippen LogP) is 4.15. The Labute approximate surface area is 157 Å². The lowest BCUT2D eigenvalue weighted by Crippen LogP contribution is -2.04. The summed E-state index contributed by atoms with van der Waals surface area (Å²) in [6.07, 6.45) is 1.83. The number of hydrogen-bond donors (Lipinski definition) is 2. The Balaban J connectivity index is 2.13. The number of nitrogen functional groups attached to an aromatic ring is 1. The van der Waals surface area contributed by atoms with Gasteiger partial charge in [-0.2, -0.15) is 0 Å². The molecule has 0 aliphatic carbocycles. The number of hydrogen-bond acceptors (Lipinski definition) is 6. The van der Waals surface area contributed by atoms with E-state index in [1.807, 2.05) is 30.5 Å². The van der Waals surface area contributed by atoms with E-state index in [9.17, 15) is 4.91 Å². The second-order valence-electron chi connectivity index (χ2n) is 5.89. The van der Waals surface area contributed by atoms with Crippen molar-refractivity contribution in [1.29, 1.82) is 0 Å². The lowest BCUT2D eigenvalue weighted by molar-refractivity contribution is 0.323. The monoisotopic (exact) mass is 367 g/mol. The molecule has 0 aliphatic rings. The van der Waals surface area contributed by atoms with Crippen LogP contribution < -0.4 is 19.9 Å². The van der Waals surface area contributed by atoms with Crippen molar-refractivity contribution in [2.24, 2.45) is 5.18 Å². The average molecular weight is 367 g/mol. The lowest BCUT2D eigenvalue weighted by atomic mass is 9.95. The quantitative estimate of drug-likeness (QED) is 0.483. The highest BCUT2D eigenvalue weighted by molar-refractivity contribution is 5.67. The summed E-state index contributed by atoms with van der Waals surface area (Å²) in [6, 6.07) is 11.9. The van der Waals surface area contributed by atoms with Crippen LogP contribution in [0.4, 0.5) is 5.69 Å². The molecule has 7 nitrogen and oxygen atoms in total. The van der Waals surface area contributed by atoms with Crippen LogP contribution in [0.15, 0.2) is 53.8 Å². The molecule has 1 atom stereocenters. The fourth-order valence-electron chi connectivity index (χ4n) is 3.05. The second kappa shape index (κ2) is 7.82. The summed E-state index contributed by atoms with van der Waals surface area (Å²) >= 11 is 0. The fourth-order valence-corrected chi connectivity index (χ4v) is 3.05. The third-order valence-electron chi connectivity index (χ3n) is 4.40. The SMILES string of the molecule is COc1cc(C(N=O)c2cc(-c3ccc[nH]3)ccc2N)cc(OC)c1OC. The molecular weight excluding hydrogens is 346 g/mol. The first-order valence-corrected chi connectivity index (χ1v) is 8.28. The number of nitrogens with one attached hydrogen (secondary N) is 1. The van der Waals surface area contributed by atoms with Crippen LogP contribution in [0.3, 0.4) is 0 Å². The van der Waals surface area contributed by atoms with Gasteiger partial charge < -0.3 is 24.9 Å². The van der Waals surface area contributed by atoms with Crippen molar-refractivity contribution < 1.29 is 14.2 Å². The number of benzene rings is 2. The number of aromatic amines is 1. The van der Waals surface area contributed by atoms with E-state index in [2.05, 4.69) is 10.2 Å². The molecule has 140 valence electrons. The lowest BCUT2D eigenvalue weighted by Gasteiger charge is -2.18. The molecule has 3 N–H and O–H groups in total. The summed E-state index contributed by atoms with van der Waals surface area (Å²) in [5.74, 6) is 1.33. The van der Waals surface area contributed by atoms with Crippen LogP contribution in [0.1, 0.15) is 17.2 Å². The maximum absolute atomic E-state index is 11.8. The zero-order valence-electron chi connectivity index (χ0n) is 15.4. The molecule has 0 bridgehead atoms. The number of H-pyrrole nitrogens is 1. The van der Waals surface area contributed by atoms with Crippen LogP contribution in [-0.2, 0) is 0 Å². The van der Waals surface area contributed by atoms with Gasteiger partial charge in [0.2, 0.25) is 5.75 Å². The topological polar surface area (TPSA) is 98.9 Å². The van der Waals surface area contributed by atoms with E-state index in [4.69, 9.17) is 19.9 Å². The first kappa shape index (κ1) is 18.3. The highest BCUT2D eigenvalue weighted by atomic mass is 16.5. The molecule has 1 unspecified atom stereocenters. The number of anilines is 1. The normalized spacial score (nSPS) is 11.7. The predicted molar refractivity (Wildman–Crippen MR) is 104 cm³/mol.